The number of hydrogen-bond donors (Lipinski definition) is 1. The van der Waals surface area contributed by atoms with Crippen molar-refractivity contribution in [3.63, 3.8) is 0 Å². The lowest BCUT2D eigenvalue weighted by Gasteiger charge is -2.20. The van der Waals surface area contributed by atoms with Crippen molar-refractivity contribution in [3.8, 4) is 11.1 Å². The zero-order valence-electron chi connectivity index (χ0n) is 20.5. The number of nitrogens with zero attached hydrogens (tertiary/aromatic N) is 1. The molecule has 3 nitrogen and oxygen atoms in total. The van der Waals surface area contributed by atoms with Gasteiger partial charge in [0.05, 0.1) is 5.69 Å². The first-order chi connectivity index (χ1) is 16.6. The summed E-state index contributed by atoms with van der Waals surface area (Å²) in [5.41, 5.74) is 5.17. The quantitative estimate of drug-likeness (QED) is 0.195. The average molecular weight is 511 g/mol. The predicted molar refractivity (Wildman–Crippen MR) is 152 cm³/mol. The first-order valence-corrected chi connectivity index (χ1v) is 15.2. The number of aromatic nitrogens is 1. The van der Waals surface area contributed by atoms with Crippen LogP contribution in [0.15, 0.2) is 70.6 Å². The molecule has 3 rings (SSSR count). The monoisotopic (exact) mass is 510 g/mol. The van der Waals surface area contributed by atoms with Crippen molar-refractivity contribution in [3.05, 3.63) is 71.9 Å². The number of nitrogens with one attached hydrogen (secondary N) is 1. The van der Waals surface area contributed by atoms with Gasteiger partial charge in [-0.25, -0.2) is 4.98 Å². The Bertz CT molecular complexity index is 1030. The zero-order valence-corrected chi connectivity index (χ0v) is 22.9. The van der Waals surface area contributed by atoms with Crippen molar-refractivity contribution in [1.82, 2.24) is 4.98 Å². The number of benzene rings is 2. The number of amides is 1. The maximum atomic E-state index is 13.6. The molecule has 34 heavy (non-hydrogen) atoms. The van der Waals surface area contributed by atoms with E-state index < -0.39 is 0 Å². The standard InChI is InChI=1S/C28H34N2OS3/c1-5-6-7-11-18-34-26(23-16-14-22(15-17-23)21-12-9-8-10-13-21)27(31)30-25-24(32-3)19-20(2)29-28(25)33-4/h8-10,12-17,19,26H,5-7,11,18H2,1-4H3,(H,30,31). The number of hydrogen-bond acceptors (Lipinski definition) is 5. The van der Waals surface area contributed by atoms with Gasteiger partial charge >= 0.3 is 0 Å². The molecule has 0 bridgehead atoms. The fourth-order valence-electron chi connectivity index (χ4n) is 3.76. The highest BCUT2D eigenvalue weighted by molar-refractivity contribution is 8.00. The van der Waals surface area contributed by atoms with Crippen LogP contribution in [0.3, 0.4) is 0 Å². The molecule has 1 atom stereocenters. The third-order valence-electron chi connectivity index (χ3n) is 5.58. The largest absolute Gasteiger partial charge is 0.322 e. The lowest BCUT2D eigenvalue weighted by atomic mass is 10.0. The Morgan fingerprint density at radius 1 is 0.941 bits per heavy atom. The molecule has 0 saturated carbocycles. The van der Waals surface area contributed by atoms with Gasteiger partial charge in [-0.2, -0.15) is 0 Å². The Morgan fingerprint density at radius 3 is 2.29 bits per heavy atom. The highest BCUT2D eigenvalue weighted by Crippen LogP contribution is 2.37. The van der Waals surface area contributed by atoms with Crippen LogP contribution in [-0.4, -0.2) is 29.2 Å². The molecule has 2 aromatic carbocycles. The second-order valence-electron chi connectivity index (χ2n) is 8.14. The molecule has 0 aliphatic carbocycles. The van der Waals surface area contributed by atoms with Crippen LogP contribution in [0.1, 0.15) is 49.1 Å². The minimum atomic E-state index is -0.267. The summed E-state index contributed by atoms with van der Waals surface area (Å²) >= 11 is 4.95. The topological polar surface area (TPSA) is 42.0 Å². The van der Waals surface area contributed by atoms with Crippen LogP contribution >= 0.6 is 35.3 Å². The van der Waals surface area contributed by atoms with Gasteiger partial charge in [0.25, 0.3) is 0 Å². The van der Waals surface area contributed by atoms with Gasteiger partial charge in [-0.3, -0.25) is 4.79 Å². The Morgan fingerprint density at radius 2 is 1.65 bits per heavy atom. The highest BCUT2D eigenvalue weighted by atomic mass is 32.2. The van der Waals surface area contributed by atoms with Crippen molar-refractivity contribution < 1.29 is 4.79 Å². The SMILES string of the molecule is CCCCCCSC(C(=O)Nc1c(SC)cc(C)nc1SC)c1ccc(-c2ccccc2)cc1. The van der Waals surface area contributed by atoms with Crippen LogP contribution in [-0.2, 0) is 4.79 Å². The van der Waals surface area contributed by atoms with Gasteiger partial charge in [0.2, 0.25) is 5.91 Å². The number of carbonyl (C=O) groups excluding carboxylic acids is 1. The number of unbranched alkanes of at least 4 members (excludes halogenated alkanes) is 3. The second-order valence-corrected chi connectivity index (χ2v) is 11.0. The van der Waals surface area contributed by atoms with E-state index >= 15 is 0 Å². The zero-order chi connectivity index (χ0) is 24.3. The maximum absolute atomic E-state index is 13.6. The van der Waals surface area contributed by atoms with Gasteiger partial charge in [-0.1, -0.05) is 80.8 Å². The van der Waals surface area contributed by atoms with E-state index in [0.29, 0.717) is 0 Å². The van der Waals surface area contributed by atoms with Gasteiger partial charge < -0.3 is 5.32 Å². The Balaban J connectivity index is 1.85. The van der Waals surface area contributed by atoms with Gasteiger partial charge in [0, 0.05) is 10.6 Å². The smallest absolute Gasteiger partial charge is 0.242 e. The number of carbonyl (C=O) groups is 1. The minimum absolute atomic E-state index is 0.0178. The highest BCUT2D eigenvalue weighted by Gasteiger charge is 2.24. The Hall–Kier alpha value is -1.89. The summed E-state index contributed by atoms with van der Waals surface area (Å²) in [6.45, 7) is 4.22. The molecule has 1 aromatic heterocycles. The van der Waals surface area contributed by atoms with Crippen LogP contribution in [0.5, 0.6) is 0 Å². The van der Waals surface area contributed by atoms with E-state index in [1.54, 1.807) is 35.3 Å². The maximum Gasteiger partial charge on any atom is 0.242 e. The van der Waals surface area contributed by atoms with E-state index in [2.05, 4.69) is 53.6 Å². The first kappa shape index (κ1) is 26.7. The molecule has 6 heteroatoms. The van der Waals surface area contributed by atoms with Gasteiger partial charge in [-0.15, -0.1) is 35.3 Å². The molecular weight excluding hydrogens is 477 g/mol. The molecule has 0 radical (unpaired) electrons. The molecule has 1 N–H and O–H groups in total. The molecular formula is C28H34N2OS3. The number of pyridine rings is 1. The summed E-state index contributed by atoms with van der Waals surface area (Å²) in [5.74, 6) is 0.985. The van der Waals surface area contributed by atoms with Crippen LogP contribution in [0.25, 0.3) is 11.1 Å². The summed E-state index contributed by atoms with van der Waals surface area (Å²) in [6, 6.07) is 20.8. The predicted octanol–water partition coefficient (Wildman–Crippen LogP) is 8.49. The number of rotatable bonds is 12. The average Bonchev–Trinajstić information content (AvgIpc) is 2.87. The van der Waals surface area contributed by atoms with E-state index in [1.807, 2.05) is 43.7 Å². The van der Waals surface area contributed by atoms with E-state index in [9.17, 15) is 4.79 Å². The summed E-state index contributed by atoms with van der Waals surface area (Å²) in [4.78, 5) is 19.3. The van der Waals surface area contributed by atoms with Gasteiger partial charge in [-0.05, 0) is 54.4 Å². The van der Waals surface area contributed by atoms with Crippen LogP contribution in [0.2, 0.25) is 0 Å². The van der Waals surface area contributed by atoms with E-state index in [1.165, 1.54) is 24.8 Å². The van der Waals surface area contributed by atoms with E-state index in [-0.39, 0.29) is 11.2 Å². The van der Waals surface area contributed by atoms with Crippen LogP contribution in [0.4, 0.5) is 5.69 Å². The summed E-state index contributed by atoms with van der Waals surface area (Å²) in [6.07, 6.45) is 8.83. The molecule has 180 valence electrons. The Labute approximate surface area is 217 Å². The molecule has 3 aromatic rings. The molecule has 0 spiro atoms. The summed E-state index contributed by atoms with van der Waals surface area (Å²) in [5, 5.41) is 3.84. The normalized spacial score (nSPS) is 11.9. The molecule has 0 saturated heterocycles. The molecule has 1 amide bonds. The van der Waals surface area contributed by atoms with Crippen molar-refractivity contribution in [1.29, 1.82) is 0 Å². The summed E-state index contributed by atoms with van der Waals surface area (Å²) in [7, 11) is 0. The third-order valence-corrected chi connectivity index (χ3v) is 8.37. The molecule has 0 aliphatic heterocycles. The second kappa shape index (κ2) is 13.9. The number of thioether (sulfide) groups is 3. The lowest BCUT2D eigenvalue weighted by molar-refractivity contribution is -0.115. The molecule has 0 fully saturated rings. The third kappa shape index (κ3) is 7.30. The summed E-state index contributed by atoms with van der Waals surface area (Å²) < 4.78 is 0. The Kier molecular flexibility index (Phi) is 10.9. The van der Waals surface area contributed by atoms with Crippen molar-refractivity contribution >= 4 is 46.9 Å². The number of anilines is 1. The van der Waals surface area contributed by atoms with Crippen LogP contribution in [0, 0.1) is 6.92 Å². The lowest BCUT2D eigenvalue weighted by Crippen LogP contribution is -2.20. The van der Waals surface area contributed by atoms with Crippen molar-refractivity contribution in [2.75, 3.05) is 23.6 Å². The molecule has 0 aliphatic rings. The van der Waals surface area contributed by atoms with E-state index in [0.717, 1.165) is 44.6 Å². The first-order valence-electron chi connectivity index (χ1n) is 11.7. The molecule has 1 heterocycles. The van der Waals surface area contributed by atoms with Gasteiger partial charge in [0.1, 0.15) is 10.3 Å². The molecule has 1 unspecified atom stereocenters. The van der Waals surface area contributed by atoms with Gasteiger partial charge in [0.15, 0.2) is 0 Å². The minimum Gasteiger partial charge on any atom is -0.322 e. The fourth-order valence-corrected chi connectivity index (χ4v) is 6.23. The number of aryl methyl sites for hydroxylation is 1. The fraction of sp³-hybridized carbons (Fsp3) is 0.357. The van der Waals surface area contributed by atoms with Crippen LogP contribution < -0.4 is 5.32 Å². The van der Waals surface area contributed by atoms with Crippen molar-refractivity contribution in [2.24, 2.45) is 0 Å². The van der Waals surface area contributed by atoms with E-state index in [4.69, 9.17) is 0 Å². The van der Waals surface area contributed by atoms with Crippen molar-refractivity contribution in [2.45, 2.75) is 54.7 Å².